The van der Waals surface area contributed by atoms with Gasteiger partial charge in [0.1, 0.15) is 5.82 Å². The second kappa shape index (κ2) is 5.00. The summed E-state index contributed by atoms with van der Waals surface area (Å²) in [5.74, 6) is -1.32. The highest BCUT2D eigenvalue weighted by molar-refractivity contribution is 5.86. The maximum atomic E-state index is 13.0. The molecule has 0 aliphatic heterocycles. The molecule has 0 aliphatic carbocycles. The molecule has 1 aromatic heterocycles. The van der Waals surface area contributed by atoms with Gasteiger partial charge in [-0.1, -0.05) is 12.1 Å². The van der Waals surface area contributed by atoms with Crippen molar-refractivity contribution in [1.82, 2.24) is 9.55 Å². The van der Waals surface area contributed by atoms with Crippen molar-refractivity contribution in [2.24, 2.45) is 7.05 Å². The van der Waals surface area contributed by atoms with Crippen LogP contribution in [0.25, 0.3) is 0 Å². The predicted molar refractivity (Wildman–Crippen MR) is 64.0 cm³/mol. The molecule has 1 N–H and O–H groups in total. The molecule has 94 valence electrons. The van der Waals surface area contributed by atoms with E-state index in [4.69, 9.17) is 5.11 Å². The third-order valence-electron chi connectivity index (χ3n) is 2.80. The molecule has 4 nitrogen and oxygen atoms in total. The van der Waals surface area contributed by atoms with Crippen LogP contribution in [0.1, 0.15) is 21.7 Å². The Kier molecular flexibility index (Phi) is 3.41. The monoisotopic (exact) mass is 248 g/mol. The second-order valence-corrected chi connectivity index (χ2v) is 4.09. The van der Waals surface area contributed by atoms with Crippen LogP contribution >= 0.6 is 0 Å². The van der Waals surface area contributed by atoms with Gasteiger partial charge in [0.05, 0.1) is 12.0 Å². The highest BCUT2D eigenvalue weighted by Gasteiger charge is 2.15. The fourth-order valence-corrected chi connectivity index (χ4v) is 1.88. The number of rotatable bonds is 4. The fourth-order valence-electron chi connectivity index (χ4n) is 1.88. The van der Waals surface area contributed by atoms with Crippen LogP contribution in [0.3, 0.4) is 0 Å². The molecule has 0 aliphatic rings. The van der Waals surface area contributed by atoms with Crippen molar-refractivity contribution in [3.05, 3.63) is 53.4 Å². The molecule has 0 amide bonds. The Labute approximate surface area is 104 Å². The van der Waals surface area contributed by atoms with E-state index in [1.54, 1.807) is 17.7 Å². The molecule has 0 unspecified atom stereocenters. The van der Waals surface area contributed by atoms with Crippen molar-refractivity contribution in [2.75, 3.05) is 0 Å². The zero-order chi connectivity index (χ0) is 13.1. The van der Waals surface area contributed by atoms with E-state index in [0.717, 1.165) is 5.56 Å². The average molecular weight is 248 g/mol. The van der Waals surface area contributed by atoms with Gasteiger partial charge in [-0.15, -0.1) is 0 Å². The molecular formula is C13H13FN2O2. The third kappa shape index (κ3) is 2.56. The number of hydrogen-bond donors (Lipinski definition) is 1. The van der Waals surface area contributed by atoms with Crippen molar-refractivity contribution >= 4 is 5.97 Å². The van der Waals surface area contributed by atoms with Crippen LogP contribution in [0.15, 0.2) is 30.6 Å². The second-order valence-electron chi connectivity index (χ2n) is 4.09. The summed E-state index contributed by atoms with van der Waals surface area (Å²) in [5, 5.41) is 8.98. The Morgan fingerprint density at radius 1 is 1.44 bits per heavy atom. The van der Waals surface area contributed by atoms with E-state index >= 15 is 0 Å². The van der Waals surface area contributed by atoms with Crippen molar-refractivity contribution in [3.8, 4) is 0 Å². The summed E-state index contributed by atoms with van der Waals surface area (Å²) in [7, 11) is 1.75. The Morgan fingerprint density at radius 3 is 2.89 bits per heavy atom. The number of aryl methyl sites for hydroxylation is 2. The molecule has 0 saturated heterocycles. The van der Waals surface area contributed by atoms with E-state index in [1.165, 1.54) is 18.5 Å². The van der Waals surface area contributed by atoms with E-state index in [9.17, 15) is 9.18 Å². The van der Waals surface area contributed by atoms with Gasteiger partial charge in [0, 0.05) is 7.05 Å². The first-order valence-electron chi connectivity index (χ1n) is 5.56. The lowest BCUT2D eigenvalue weighted by Crippen LogP contribution is -2.06. The molecule has 2 rings (SSSR count). The molecule has 5 heteroatoms. The van der Waals surface area contributed by atoms with Gasteiger partial charge in [-0.3, -0.25) is 0 Å². The maximum Gasteiger partial charge on any atom is 0.356 e. The first-order chi connectivity index (χ1) is 8.58. The minimum absolute atomic E-state index is 0.0638. The third-order valence-corrected chi connectivity index (χ3v) is 2.80. The SMILES string of the molecule is Cn1cnc(C(=O)O)c1CCc1cccc(F)c1. The molecule has 0 fully saturated rings. The smallest absolute Gasteiger partial charge is 0.356 e. The zero-order valence-electron chi connectivity index (χ0n) is 9.93. The molecular weight excluding hydrogens is 235 g/mol. The molecule has 18 heavy (non-hydrogen) atoms. The quantitative estimate of drug-likeness (QED) is 0.900. The average Bonchev–Trinajstić information content (AvgIpc) is 2.68. The minimum atomic E-state index is -1.04. The standard InChI is InChI=1S/C13H13FN2O2/c1-16-8-15-12(13(17)18)11(16)6-5-9-3-2-4-10(14)7-9/h2-4,7-8H,5-6H2,1H3,(H,17,18). The molecule has 1 aromatic carbocycles. The molecule has 0 atom stereocenters. The summed E-state index contributed by atoms with van der Waals surface area (Å²) in [6.45, 7) is 0. The summed E-state index contributed by atoms with van der Waals surface area (Å²) in [6.07, 6.45) is 2.57. The number of imidazole rings is 1. The van der Waals surface area contributed by atoms with Crippen molar-refractivity contribution in [2.45, 2.75) is 12.8 Å². The molecule has 0 saturated carbocycles. The van der Waals surface area contributed by atoms with Crippen molar-refractivity contribution in [3.63, 3.8) is 0 Å². The van der Waals surface area contributed by atoms with Crippen LogP contribution < -0.4 is 0 Å². The number of hydrogen-bond acceptors (Lipinski definition) is 2. The molecule has 0 bridgehead atoms. The van der Waals surface area contributed by atoms with Crippen LogP contribution in [0.4, 0.5) is 4.39 Å². The van der Waals surface area contributed by atoms with Gasteiger partial charge in [-0.2, -0.15) is 0 Å². The first-order valence-corrected chi connectivity index (χ1v) is 5.56. The molecule has 0 spiro atoms. The largest absolute Gasteiger partial charge is 0.476 e. The van der Waals surface area contributed by atoms with Gasteiger partial charge >= 0.3 is 5.97 Å². The van der Waals surface area contributed by atoms with Crippen LogP contribution in [0.5, 0.6) is 0 Å². The zero-order valence-corrected chi connectivity index (χ0v) is 9.93. The first kappa shape index (κ1) is 12.3. The normalized spacial score (nSPS) is 10.6. The number of aromatic nitrogens is 2. The number of halogens is 1. The van der Waals surface area contributed by atoms with Crippen molar-refractivity contribution in [1.29, 1.82) is 0 Å². The minimum Gasteiger partial charge on any atom is -0.476 e. The van der Waals surface area contributed by atoms with E-state index < -0.39 is 5.97 Å². The Bertz CT molecular complexity index is 578. The number of carboxylic acid groups (broad SMARTS) is 1. The highest BCUT2D eigenvalue weighted by atomic mass is 19.1. The number of nitrogens with zero attached hydrogens (tertiary/aromatic N) is 2. The summed E-state index contributed by atoms with van der Waals surface area (Å²) in [6, 6.07) is 6.30. The summed E-state index contributed by atoms with van der Waals surface area (Å²) < 4.78 is 14.7. The number of aromatic carboxylic acids is 1. The van der Waals surface area contributed by atoms with Crippen LogP contribution in [0.2, 0.25) is 0 Å². The van der Waals surface area contributed by atoms with Gasteiger partial charge in [-0.05, 0) is 30.5 Å². The van der Waals surface area contributed by atoms with Crippen LogP contribution in [-0.4, -0.2) is 20.6 Å². The Morgan fingerprint density at radius 2 is 2.22 bits per heavy atom. The summed E-state index contributed by atoms with van der Waals surface area (Å²) in [5.41, 5.74) is 1.55. The van der Waals surface area contributed by atoms with Crippen LogP contribution in [-0.2, 0) is 19.9 Å². The molecule has 2 aromatic rings. The Balaban J connectivity index is 2.15. The lowest BCUT2D eigenvalue weighted by molar-refractivity contribution is 0.0689. The lowest BCUT2D eigenvalue weighted by Gasteiger charge is -2.04. The Hall–Kier alpha value is -2.17. The number of carboxylic acids is 1. The molecule has 0 radical (unpaired) electrons. The van der Waals surface area contributed by atoms with Gasteiger partial charge in [0.2, 0.25) is 0 Å². The van der Waals surface area contributed by atoms with Crippen LogP contribution in [0, 0.1) is 5.82 Å². The predicted octanol–water partition coefficient (Wildman–Crippen LogP) is 2.04. The van der Waals surface area contributed by atoms with E-state index in [2.05, 4.69) is 4.98 Å². The van der Waals surface area contributed by atoms with E-state index in [-0.39, 0.29) is 11.5 Å². The maximum absolute atomic E-state index is 13.0. The lowest BCUT2D eigenvalue weighted by atomic mass is 10.1. The van der Waals surface area contributed by atoms with E-state index in [0.29, 0.717) is 18.5 Å². The fraction of sp³-hybridized carbons (Fsp3) is 0.231. The van der Waals surface area contributed by atoms with E-state index in [1.807, 2.05) is 6.07 Å². The van der Waals surface area contributed by atoms with Crippen molar-refractivity contribution < 1.29 is 14.3 Å². The number of benzene rings is 1. The number of carbonyl (C=O) groups is 1. The van der Waals surface area contributed by atoms with Gasteiger partial charge in [-0.25, -0.2) is 14.2 Å². The van der Waals surface area contributed by atoms with Gasteiger partial charge in [0.15, 0.2) is 5.69 Å². The van der Waals surface area contributed by atoms with Gasteiger partial charge < -0.3 is 9.67 Å². The summed E-state index contributed by atoms with van der Waals surface area (Å²) >= 11 is 0. The van der Waals surface area contributed by atoms with Gasteiger partial charge in [0.25, 0.3) is 0 Å². The topological polar surface area (TPSA) is 55.1 Å². The molecule has 1 heterocycles. The summed E-state index contributed by atoms with van der Waals surface area (Å²) in [4.78, 5) is 14.8. The highest BCUT2D eigenvalue weighted by Crippen LogP contribution is 2.12.